The van der Waals surface area contributed by atoms with Crippen LogP contribution in [0.2, 0.25) is 0 Å². The van der Waals surface area contributed by atoms with Gasteiger partial charge in [-0.1, -0.05) is 42.1 Å². The highest BCUT2D eigenvalue weighted by molar-refractivity contribution is 7.99. The molecule has 3 N–H and O–H groups in total. The SMILES string of the molecule is CN(C)CCCOc1cccc2c1Sc1ccccc1CC2O.O=C(O)/C=C/C(=O)O. The molecule has 31 heavy (non-hydrogen) atoms. The van der Waals surface area contributed by atoms with Crippen LogP contribution in [0, 0.1) is 0 Å². The highest BCUT2D eigenvalue weighted by atomic mass is 32.2. The molecular formula is C23H27NO6S. The lowest BCUT2D eigenvalue weighted by molar-refractivity contribution is -0.134. The molecule has 0 saturated heterocycles. The predicted octanol–water partition coefficient (Wildman–Crippen LogP) is 3.47. The van der Waals surface area contributed by atoms with Gasteiger partial charge in [0.25, 0.3) is 0 Å². The third-order valence-electron chi connectivity index (χ3n) is 4.34. The molecule has 0 aromatic heterocycles. The van der Waals surface area contributed by atoms with Gasteiger partial charge in [0.1, 0.15) is 5.75 Å². The molecule has 0 aliphatic carbocycles. The van der Waals surface area contributed by atoms with Crippen molar-refractivity contribution >= 4 is 23.7 Å². The molecule has 0 saturated carbocycles. The van der Waals surface area contributed by atoms with E-state index in [2.05, 4.69) is 31.1 Å². The molecule has 0 amide bonds. The summed E-state index contributed by atoms with van der Waals surface area (Å²) in [4.78, 5) is 23.5. The molecule has 0 spiro atoms. The van der Waals surface area contributed by atoms with Gasteiger partial charge in [0.15, 0.2) is 0 Å². The second kappa shape index (κ2) is 12.1. The number of aliphatic carboxylic acids is 2. The Hall–Kier alpha value is -2.81. The minimum Gasteiger partial charge on any atom is -0.492 e. The van der Waals surface area contributed by atoms with Crippen LogP contribution in [0.15, 0.2) is 64.4 Å². The van der Waals surface area contributed by atoms with Crippen LogP contribution in [-0.2, 0) is 16.0 Å². The van der Waals surface area contributed by atoms with E-state index in [9.17, 15) is 14.7 Å². The van der Waals surface area contributed by atoms with Gasteiger partial charge in [0.05, 0.1) is 17.6 Å². The first kappa shape index (κ1) is 24.5. The van der Waals surface area contributed by atoms with Crippen LogP contribution in [-0.4, -0.2) is 59.4 Å². The largest absolute Gasteiger partial charge is 0.492 e. The Balaban J connectivity index is 0.000000366. The smallest absolute Gasteiger partial charge is 0.328 e. The summed E-state index contributed by atoms with van der Waals surface area (Å²) in [6.45, 7) is 1.70. The Labute approximate surface area is 186 Å². The first-order valence-corrected chi connectivity index (χ1v) is 10.6. The van der Waals surface area contributed by atoms with Gasteiger partial charge < -0.3 is 25.0 Å². The van der Waals surface area contributed by atoms with Gasteiger partial charge in [-0.2, -0.15) is 0 Å². The Morgan fingerprint density at radius 1 is 1.10 bits per heavy atom. The van der Waals surface area contributed by atoms with E-state index in [-0.39, 0.29) is 0 Å². The minimum atomic E-state index is -1.26. The van der Waals surface area contributed by atoms with E-state index < -0.39 is 18.0 Å². The third-order valence-corrected chi connectivity index (χ3v) is 5.60. The second-order valence-electron chi connectivity index (χ2n) is 7.12. The Kier molecular flexibility index (Phi) is 9.58. The summed E-state index contributed by atoms with van der Waals surface area (Å²) in [6, 6.07) is 14.3. The van der Waals surface area contributed by atoms with E-state index in [4.69, 9.17) is 14.9 Å². The number of benzene rings is 2. The molecule has 1 aliphatic heterocycles. The number of fused-ring (bicyclic) bond motifs is 2. The van der Waals surface area contributed by atoms with Gasteiger partial charge in [-0.25, -0.2) is 9.59 Å². The van der Waals surface area contributed by atoms with Crippen LogP contribution in [0.3, 0.4) is 0 Å². The molecule has 0 radical (unpaired) electrons. The summed E-state index contributed by atoms with van der Waals surface area (Å²) < 4.78 is 6.02. The fourth-order valence-electron chi connectivity index (χ4n) is 2.92. The number of nitrogens with zero attached hydrogens (tertiary/aromatic N) is 1. The number of hydrogen-bond acceptors (Lipinski definition) is 6. The van der Waals surface area contributed by atoms with E-state index in [0.717, 1.165) is 29.2 Å². The van der Waals surface area contributed by atoms with Crippen LogP contribution < -0.4 is 4.74 Å². The lowest BCUT2D eigenvalue weighted by Crippen LogP contribution is -2.15. The number of aliphatic hydroxyl groups is 1. The fraction of sp³-hybridized carbons (Fsp3) is 0.304. The first-order valence-electron chi connectivity index (χ1n) is 9.76. The van der Waals surface area contributed by atoms with Gasteiger partial charge in [-0.3, -0.25) is 0 Å². The van der Waals surface area contributed by atoms with Gasteiger partial charge in [0.2, 0.25) is 0 Å². The van der Waals surface area contributed by atoms with Crippen molar-refractivity contribution in [2.24, 2.45) is 0 Å². The summed E-state index contributed by atoms with van der Waals surface area (Å²) in [5.41, 5.74) is 2.16. The van der Waals surface area contributed by atoms with Crippen LogP contribution in [0.1, 0.15) is 23.7 Å². The van der Waals surface area contributed by atoms with Crippen molar-refractivity contribution in [3.8, 4) is 5.75 Å². The minimum absolute atomic E-state index is 0.480. The average Bonchev–Trinajstić information content (AvgIpc) is 2.86. The van der Waals surface area contributed by atoms with Gasteiger partial charge in [0, 0.05) is 30.0 Å². The zero-order valence-electron chi connectivity index (χ0n) is 17.5. The molecule has 7 nitrogen and oxygen atoms in total. The molecule has 2 aromatic rings. The standard InChI is InChI=1S/C19H23NO2S.C4H4O4/c1-20(2)11-6-12-22-17-9-5-8-15-16(21)13-14-7-3-4-10-18(14)23-19(15)17;5-3(6)1-2-4(7)8/h3-5,7-10,16,21H,6,11-13H2,1-2H3;1-2H,(H,5,6)(H,7,8)/b;2-1+. The summed E-state index contributed by atoms with van der Waals surface area (Å²) in [6.07, 6.45) is 2.28. The molecule has 1 heterocycles. The number of rotatable bonds is 7. The third kappa shape index (κ3) is 8.09. The quantitative estimate of drug-likeness (QED) is 0.439. The number of carbonyl (C=O) groups is 2. The summed E-state index contributed by atoms with van der Waals surface area (Å²) >= 11 is 1.70. The lowest BCUT2D eigenvalue weighted by Gasteiger charge is -2.16. The highest BCUT2D eigenvalue weighted by Gasteiger charge is 2.23. The van der Waals surface area contributed by atoms with E-state index in [1.807, 2.05) is 30.3 Å². The average molecular weight is 446 g/mol. The maximum absolute atomic E-state index is 10.6. The van der Waals surface area contributed by atoms with Crippen LogP contribution in [0.5, 0.6) is 5.75 Å². The predicted molar refractivity (Wildman–Crippen MR) is 119 cm³/mol. The zero-order valence-corrected chi connectivity index (χ0v) is 18.3. The number of carboxylic acids is 2. The molecule has 1 atom stereocenters. The van der Waals surface area contributed by atoms with Crippen LogP contribution in [0.25, 0.3) is 0 Å². The van der Waals surface area contributed by atoms with Gasteiger partial charge in [-0.05, 0) is 43.8 Å². The Morgan fingerprint density at radius 2 is 1.77 bits per heavy atom. The Morgan fingerprint density at radius 3 is 2.42 bits per heavy atom. The molecule has 2 aromatic carbocycles. The van der Waals surface area contributed by atoms with Crippen molar-refractivity contribution < 1.29 is 29.6 Å². The van der Waals surface area contributed by atoms with E-state index in [1.54, 1.807) is 11.8 Å². The van der Waals surface area contributed by atoms with Crippen LogP contribution >= 0.6 is 11.8 Å². The summed E-state index contributed by atoms with van der Waals surface area (Å²) in [7, 11) is 4.13. The second-order valence-corrected chi connectivity index (χ2v) is 8.17. The van der Waals surface area contributed by atoms with Gasteiger partial charge in [-0.15, -0.1) is 0 Å². The maximum Gasteiger partial charge on any atom is 0.328 e. The van der Waals surface area contributed by atoms with Crippen molar-refractivity contribution in [3.05, 3.63) is 65.7 Å². The van der Waals surface area contributed by atoms with Crippen molar-refractivity contribution in [2.45, 2.75) is 28.7 Å². The lowest BCUT2D eigenvalue weighted by atomic mass is 10.0. The molecule has 166 valence electrons. The van der Waals surface area contributed by atoms with Crippen molar-refractivity contribution in [2.75, 3.05) is 27.2 Å². The van der Waals surface area contributed by atoms with Crippen molar-refractivity contribution in [3.63, 3.8) is 0 Å². The number of carboxylic acid groups (broad SMARTS) is 2. The first-order chi connectivity index (χ1) is 14.8. The van der Waals surface area contributed by atoms with Crippen molar-refractivity contribution in [1.29, 1.82) is 0 Å². The van der Waals surface area contributed by atoms with E-state index in [1.165, 1.54) is 10.5 Å². The molecule has 0 fully saturated rings. The molecule has 3 rings (SSSR count). The molecular weight excluding hydrogens is 418 g/mol. The summed E-state index contributed by atoms with van der Waals surface area (Å²) in [5, 5.41) is 26.2. The highest BCUT2D eigenvalue weighted by Crippen LogP contribution is 2.45. The van der Waals surface area contributed by atoms with Gasteiger partial charge >= 0.3 is 11.9 Å². The fourth-order valence-corrected chi connectivity index (χ4v) is 4.12. The topological polar surface area (TPSA) is 107 Å². The molecule has 0 bridgehead atoms. The van der Waals surface area contributed by atoms with E-state index >= 15 is 0 Å². The monoisotopic (exact) mass is 445 g/mol. The van der Waals surface area contributed by atoms with Crippen LogP contribution in [0.4, 0.5) is 0 Å². The summed E-state index contributed by atoms with van der Waals surface area (Å²) in [5.74, 6) is -1.64. The number of hydrogen-bond donors (Lipinski definition) is 3. The number of ether oxygens (including phenoxy) is 1. The maximum atomic E-state index is 10.6. The Bertz CT molecular complexity index is 912. The molecule has 8 heteroatoms. The molecule has 1 unspecified atom stereocenters. The zero-order chi connectivity index (χ0) is 22.8. The normalized spacial score (nSPS) is 14.8. The number of aliphatic hydroxyl groups excluding tert-OH is 1. The van der Waals surface area contributed by atoms with E-state index in [0.29, 0.717) is 25.2 Å². The van der Waals surface area contributed by atoms with Crippen molar-refractivity contribution in [1.82, 2.24) is 4.90 Å². The molecule has 1 aliphatic rings.